The maximum absolute atomic E-state index is 13.9. The van der Waals surface area contributed by atoms with Crippen LogP contribution in [0.4, 0.5) is 0 Å². The Bertz CT molecular complexity index is 1590. The van der Waals surface area contributed by atoms with E-state index in [1.165, 1.54) is 19.4 Å². The molecule has 246 valence electrons. The molecule has 47 heavy (non-hydrogen) atoms. The van der Waals surface area contributed by atoms with Crippen LogP contribution in [0.3, 0.4) is 0 Å². The van der Waals surface area contributed by atoms with Gasteiger partial charge in [-0.3, -0.25) is 9.59 Å². The number of thioether (sulfide) groups is 1. The number of methoxy groups -OCH3 is 3. The van der Waals surface area contributed by atoms with Gasteiger partial charge < -0.3 is 29.6 Å². The highest BCUT2D eigenvalue weighted by molar-refractivity contribution is 7.98. The molecule has 0 spiro atoms. The lowest BCUT2D eigenvalue weighted by Crippen LogP contribution is -2.50. The fraction of sp³-hybridized carbons (Fsp3) is 0.278. The number of carbonyl (C=O) groups excluding carboxylic acids is 3. The van der Waals surface area contributed by atoms with Crippen LogP contribution in [0, 0.1) is 0 Å². The Morgan fingerprint density at radius 1 is 0.787 bits per heavy atom. The summed E-state index contributed by atoms with van der Waals surface area (Å²) in [5.74, 6) is 0.101. The third kappa shape index (κ3) is 9.04. The number of nitrogens with one attached hydrogen (secondary N) is 2. The van der Waals surface area contributed by atoms with Crippen molar-refractivity contribution in [3.63, 3.8) is 0 Å². The first kappa shape index (κ1) is 34.8. The van der Waals surface area contributed by atoms with Crippen LogP contribution in [0.25, 0.3) is 0 Å². The zero-order valence-corrected chi connectivity index (χ0v) is 27.8. The fourth-order valence-electron chi connectivity index (χ4n) is 5.11. The molecule has 0 aliphatic carbocycles. The van der Waals surface area contributed by atoms with Crippen LogP contribution in [0.2, 0.25) is 0 Å². The molecular formula is C36H39N3O7S. The molecule has 2 atom stereocenters. The summed E-state index contributed by atoms with van der Waals surface area (Å²) in [6.45, 7) is 1.93. The predicted octanol–water partition coefficient (Wildman–Crippen LogP) is 5.51. The van der Waals surface area contributed by atoms with E-state index in [4.69, 9.17) is 18.9 Å². The highest BCUT2D eigenvalue weighted by Crippen LogP contribution is 2.32. The van der Waals surface area contributed by atoms with Crippen molar-refractivity contribution in [3.8, 4) is 23.0 Å². The molecule has 1 heterocycles. The van der Waals surface area contributed by atoms with Crippen molar-refractivity contribution in [2.24, 2.45) is 0 Å². The molecule has 2 amide bonds. The molecule has 0 unspecified atom stereocenters. The van der Waals surface area contributed by atoms with Crippen molar-refractivity contribution in [1.29, 1.82) is 0 Å². The largest absolute Gasteiger partial charge is 0.497 e. The summed E-state index contributed by atoms with van der Waals surface area (Å²) in [6, 6.07) is 24.0. The molecule has 0 aliphatic heterocycles. The van der Waals surface area contributed by atoms with Crippen LogP contribution < -0.4 is 29.6 Å². The van der Waals surface area contributed by atoms with Gasteiger partial charge in [0.1, 0.15) is 17.5 Å². The van der Waals surface area contributed by atoms with Crippen molar-refractivity contribution in [2.45, 2.75) is 31.3 Å². The van der Waals surface area contributed by atoms with Crippen molar-refractivity contribution in [1.82, 2.24) is 15.6 Å². The van der Waals surface area contributed by atoms with E-state index in [0.29, 0.717) is 17.7 Å². The van der Waals surface area contributed by atoms with E-state index in [0.717, 1.165) is 22.6 Å². The number of esters is 1. The van der Waals surface area contributed by atoms with Crippen molar-refractivity contribution >= 4 is 29.5 Å². The summed E-state index contributed by atoms with van der Waals surface area (Å²) in [4.78, 5) is 44.6. The average molecular weight is 658 g/mol. The Morgan fingerprint density at radius 2 is 1.38 bits per heavy atom. The molecule has 11 heteroatoms. The van der Waals surface area contributed by atoms with E-state index < -0.39 is 17.9 Å². The van der Waals surface area contributed by atoms with E-state index in [1.807, 2.05) is 61.7 Å². The lowest BCUT2D eigenvalue weighted by Gasteiger charge is -2.28. The number of nitrogens with zero attached hydrogens (tertiary/aromatic N) is 1. The topological polar surface area (TPSA) is 125 Å². The summed E-state index contributed by atoms with van der Waals surface area (Å²) in [5, 5.41) is 5.95. The van der Waals surface area contributed by atoms with Crippen LogP contribution in [0.15, 0.2) is 91.1 Å². The first-order chi connectivity index (χ1) is 22.8. The van der Waals surface area contributed by atoms with Gasteiger partial charge in [-0.1, -0.05) is 42.5 Å². The maximum atomic E-state index is 13.9. The highest BCUT2D eigenvalue weighted by Gasteiger charge is 2.30. The van der Waals surface area contributed by atoms with Gasteiger partial charge >= 0.3 is 5.97 Å². The number of aromatic nitrogens is 1. The molecule has 0 bridgehead atoms. The molecule has 4 aromatic rings. The summed E-state index contributed by atoms with van der Waals surface area (Å²) >= 11 is 1.55. The third-order valence-electron chi connectivity index (χ3n) is 7.56. The Hall–Kier alpha value is -5.03. The molecular weight excluding hydrogens is 618 g/mol. The predicted molar refractivity (Wildman–Crippen MR) is 182 cm³/mol. The molecule has 2 N–H and O–H groups in total. The molecule has 0 radical (unpaired) electrons. The van der Waals surface area contributed by atoms with E-state index in [2.05, 4.69) is 15.6 Å². The molecule has 4 rings (SSSR count). The van der Waals surface area contributed by atoms with E-state index in [1.54, 1.807) is 56.3 Å². The second kappa shape index (κ2) is 17.0. The summed E-state index contributed by atoms with van der Waals surface area (Å²) in [5.41, 5.74) is 2.05. The van der Waals surface area contributed by atoms with Gasteiger partial charge in [-0.2, -0.15) is 11.8 Å². The molecule has 3 aromatic carbocycles. The lowest BCUT2D eigenvalue weighted by molar-refractivity contribution is -0.123. The van der Waals surface area contributed by atoms with E-state index >= 15 is 0 Å². The van der Waals surface area contributed by atoms with Gasteiger partial charge in [0.05, 0.1) is 26.9 Å². The molecule has 0 saturated heterocycles. The second-order valence-corrected chi connectivity index (χ2v) is 11.6. The molecule has 0 aliphatic rings. The van der Waals surface area contributed by atoms with E-state index in [9.17, 15) is 14.4 Å². The van der Waals surface area contributed by atoms with Crippen LogP contribution in [0.5, 0.6) is 23.0 Å². The van der Waals surface area contributed by atoms with Crippen molar-refractivity contribution in [2.75, 3.05) is 33.3 Å². The summed E-state index contributed by atoms with van der Waals surface area (Å²) < 4.78 is 21.7. The Kier molecular flexibility index (Phi) is 12.6. The minimum atomic E-state index is -0.907. The number of ether oxygens (including phenoxy) is 4. The number of carbonyl (C=O) groups is 3. The summed E-state index contributed by atoms with van der Waals surface area (Å²) in [6.07, 6.45) is 3.65. The Balaban J connectivity index is 1.58. The maximum Gasteiger partial charge on any atom is 0.343 e. The van der Waals surface area contributed by atoms with Crippen LogP contribution >= 0.6 is 11.8 Å². The van der Waals surface area contributed by atoms with Gasteiger partial charge in [0.15, 0.2) is 11.4 Å². The SMILES string of the molecule is COc1ccc(C(c2ccc(OC)cc2)[C@H](C)NC(=O)[C@H](CCSC)NC(=O)c2nccc(OC)c2OC(=O)c2ccccc2)cc1. The highest BCUT2D eigenvalue weighted by atomic mass is 32.2. The molecule has 1 aromatic heterocycles. The van der Waals surface area contributed by atoms with Gasteiger partial charge in [0.2, 0.25) is 11.7 Å². The third-order valence-corrected chi connectivity index (χ3v) is 8.20. The number of amides is 2. The quantitative estimate of drug-likeness (QED) is 0.159. The second-order valence-electron chi connectivity index (χ2n) is 10.6. The molecule has 0 saturated carbocycles. The summed E-state index contributed by atoms with van der Waals surface area (Å²) in [7, 11) is 4.62. The smallest absolute Gasteiger partial charge is 0.343 e. The number of pyridine rings is 1. The lowest BCUT2D eigenvalue weighted by atomic mass is 9.85. The zero-order valence-electron chi connectivity index (χ0n) is 27.0. The van der Waals surface area contributed by atoms with Crippen LogP contribution in [-0.2, 0) is 4.79 Å². The zero-order chi connectivity index (χ0) is 33.8. The monoisotopic (exact) mass is 657 g/mol. The van der Waals surface area contributed by atoms with Gasteiger partial charge in [-0.25, -0.2) is 9.78 Å². The normalized spacial score (nSPS) is 12.0. The first-order valence-electron chi connectivity index (χ1n) is 15.0. The minimum absolute atomic E-state index is 0.141. The minimum Gasteiger partial charge on any atom is -0.497 e. The van der Waals surface area contributed by atoms with Gasteiger partial charge in [0, 0.05) is 24.2 Å². The molecule has 10 nitrogen and oxygen atoms in total. The van der Waals surface area contributed by atoms with E-state index in [-0.39, 0.29) is 35.1 Å². The number of hydrogen-bond acceptors (Lipinski definition) is 9. The van der Waals surface area contributed by atoms with Crippen LogP contribution in [-0.4, -0.2) is 68.2 Å². The average Bonchev–Trinajstić information content (AvgIpc) is 3.11. The van der Waals surface area contributed by atoms with Crippen molar-refractivity contribution in [3.05, 3.63) is 114 Å². The fourth-order valence-corrected chi connectivity index (χ4v) is 5.58. The standard InChI is InChI=1S/C36H39N3O7S/c1-23(31(24-11-15-27(43-2)16-12-24)25-13-17-28(44-3)18-14-25)38-34(40)29(20-22-47-5)39-35(41)32-33(30(45-4)19-21-37-32)46-36(42)26-9-7-6-8-10-26/h6-19,21,23,29,31H,20,22H2,1-5H3,(H,38,40)(H,39,41)/t23-,29-/m0/s1. The van der Waals surface area contributed by atoms with Gasteiger partial charge in [-0.05, 0) is 72.9 Å². The Morgan fingerprint density at radius 3 is 1.91 bits per heavy atom. The Labute approximate surface area is 279 Å². The van der Waals surface area contributed by atoms with Gasteiger partial charge in [0.25, 0.3) is 5.91 Å². The molecule has 0 fully saturated rings. The van der Waals surface area contributed by atoms with Gasteiger partial charge in [-0.15, -0.1) is 0 Å². The van der Waals surface area contributed by atoms with Crippen molar-refractivity contribution < 1.29 is 33.3 Å². The number of rotatable bonds is 15. The number of benzene rings is 3. The first-order valence-corrected chi connectivity index (χ1v) is 16.4. The number of hydrogen-bond donors (Lipinski definition) is 2. The van der Waals surface area contributed by atoms with Crippen LogP contribution in [0.1, 0.15) is 51.2 Å².